The van der Waals surface area contributed by atoms with E-state index in [1.54, 1.807) is 0 Å². The molecule has 0 saturated heterocycles. The molecule has 2 nitrogen and oxygen atoms in total. The third-order valence-corrected chi connectivity index (χ3v) is 3.68. The quantitative estimate of drug-likeness (QED) is 0.839. The topological polar surface area (TPSA) is 21.3 Å². The van der Waals surface area contributed by atoms with Crippen molar-refractivity contribution in [1.29, 1.82) is 0 Å². The standard InChI is InChI=1S/C15H27NOS/c1-11(2)8-16-9-14-7-13(12(3)18-14)10-17-15(4,5)6/h7,11,16H,8-10H2,1-6H3. The van der Waals surface area contributed by atoms with Crippen molar-refractivity contribution in [2.45, 2.75) is 60.3 Å². The number of thiophene rings is 1. The molecule has 0 bridgehead atoms. The highest BCUT2D eigenvalue weighted by Gasteiger charge is 2.12. The first kappa shape index (κ1) is 15.7. The van der Waals surface area contributed by atoms with E-state index in [1.165, 1.54) is 15.3 Å². The highest BCUT2D eigenvalue weighted by atomic mass is 32.1. The van der Waals surface area contributed by atoms with Crippen molar-refractivity contribution >= 4 is 11.3 Å². The van der Waals surface area contributed by atoms with Gasteiger partial charge in [0.1, 0.15) is 0 Å². The molecule has 0 saturated carbocycles. The second-order valence-electron chi connectivity index (χ2n) is 6.22. The third-order valence-electron chi connectivity index (χ3n) is 2.58. The molecule has 1 rings (SSSR count). The SMILES string of the molecule is Cc1sc(CNCC(C)C)cc1COC(C)(C)C. The van der Waals surface area contributed by atoms with Crippen LogP contribution in [0.15, 0.2) is 6.07 Å². The Kier molecular flexibility index (Phi) is 5.83. The lowest BCUT2D eigenvalue weighted by molar-refractivity contribution is -0.0150. The maximum absolute atomic E-state index is 5.84. The number of nitrogens with one attached hydrogen (secondary N) is 1. The summed E-state index contributed by atoms with van der Waals surface area (Å²) in [6.07, 6.45) is 0. The van der Waals surface area contributed by atoms with E-state index in [2.05, 4.69) is 52.9 Å². The van der Waals surface area contributed by atoms with E-state index in [0.29, 0.717) is 5.92 Å². The zero-order chi connectivity index (χ0) is 13.8. The summed E-state index contributed by atoms with van der Waals surface area (Å²) >= 11 is 1.87. The Morgan fingerprint density at radius 2 is 2.00 bits per heavy atom. The van der Waals surface area contributed by atoms with Gasteiger partial charge < -0.3 is 10.1 Å². The fraction of sp³-hybridized carbons (Fsp3) is 0.733. The van der Waals surface area contributed by atoms with Gasteiger partial charge in [-0.3, -0.25) is 0 Å². The second-order valence-corrected chi connectivity index (χ2v) is 7.56. The Morgan fingerprint density at radius 3 is 2.56 bits per heavy atom. The fourth-order valence-electron chi connectivity index (χ4n) is 1.60. The van der Waals surface area contributed by atoms with Crippen molar-refractivity contribution in [3.05, 3.63) is 21.4 Å². The van der Waals surface area contributed by atoms with Gasteiger partial charge in [0.15, 0.2) is 0 Å². The van der Waals surface area contributed by atoms with E-state index in [4.69, 9.17) is 4.74 Å². The Bertz CT molecular complexity index is 363. The maximum atomic E-state index is 5.84. The summed E-state index contributed by atoms with van der Waals surface area (Å²) in [5.74, 6) is 0.703. The summed E-state index contributed by atoms with van der Waals surface area (Å²) in [5.41, 5.74) is 1.26. The Hall–Kier alpha value is -0.380. The van der Waals surface area contributed by atoms with Gasteiger partial charge in [-0.1, -0.05) is 13.8 Å². The minimum atomic E-state index is -0.0650. The summed E-state index contributed by atoms with van der Waals surface area (Å²) in [5, 5.41) is 3.48. The molecule has 0 aliphatic carbocycles. The fourth-order valence-corrected chi connectivity index (χ4v) is 2.61. The van der Waals surface area contributed by atoms with E-state index in [1.807, 2.05) is 11.3 Å². The smallest absolute Gasteiger partial charge is 0.0734 e. The number of hydrogen-bond donors (Lipinski definition) is 1. The summed E-state index contributed by atoms with van der Waals surface area (Å²) < 4.78 is 5.84. The van der Waals surface area contributed by atoms with E-state index in [-0.39, 0.29) is 5.60 Å². The summed E-state index contributed by atoms with van der Waals surface area (Å²) in [6, 6.07) is 2.28. The number of hydrogen-bond acceptors (Lipinski definition) is 3. The monoisotopic (exact) mass is 269 g/mol. The lowest BCUT2D eigenvalue weighted by Gasteiger charge is -2.19. The van der Waals surface area contributed by atoms with Crippen LogP contribution in [0.1, 0.15) is 49.9 Å². The highest BCUT2D eigenvalue weighted by Crippen LogP contribution is 2.23. The first-order chi connectivity index (χ1) is 8.28. The minimum absolute atomic E-state index is 0.0650. The molecule has 0 unspecified atom stereocenters. The molecule has 18 heavy (non-hydrogen) atoms. The van der Waals surface area contributed by atoms with Crippen molar-refractivity contribution in [2.75, 3.05) is 6.54 Å². The molecule has 0 fully saturated rings. The van der Waals surface area contributed by atoms with Gasteiger partial charge in [-0.15, -0.1) is 11.3 Å². The van der Waals surface area contributed by atoms with Crippen LogP contribution >= 0.6 is 11.3 Å². The third kappa shape index (κ3) is 5.98. The van der Waals surface area contributed by atoms with Crippen LogP contribution in [-0.2, 0) is 17.9 Å². The van der Waals surface area contributed by atoms with Gasteiger partial charge in [-0.05, 0) is 51.8 Å². The zero-order valence-electron chi connectivity index (χ0n) is 12.6. The number of rotatable bonds is 6. The molecule has 0 spiro atoms. The summed E-state index contributed by atoms with van der Waals surface area (Å²) in [6.45, 7) is 15.7. The molecule has 0 amide bonds. The van der Waals surface area contributed by atoms with Crippen LogP contribution < -0.4 is 5.32 Å². The number of ether oxygens (including phenoxy) is 1. The van der Waals surface area contributed by atoms with Crippen LogP contribution in [0.25, 0.3) is 0 Å². The Morgan fingerprint density at radius 1 is 1.33 bits per heavy atom. The minimum Gasteiger partial charge on any atom is -0.371 e. The molecular formula is C15H27NOS. The molecule has 1 N–H and O–H groups in total. The number of aryl methyl sites for hydroxylation is 1. The molecule has 104 valence electrons. The Balaban J connectivity index is 2.48. The predicted octanol–water partition coefficient (Wildman–Crippen LogP) is 4.12. The normalized spacial score (nSPS) is 12.4. The second kappa shape index (κ2) is 6.69. The van der Waals surface area contributed by atoms with Crippen LogP contribution in [0.2, 0.25) is 0 Å². The van der Waals surface area contributed by atoms with Gasteiger partial charge >= 0.3 is 0 Å². The van der Waals surface area contributed by atoms with Crippen molar-refractivity contribution in [3.63, 3.8) is 0 Å². The highest BCUT2D eigenvalue weighted by molar-refractivity contribution is 7.12. The average Bonchev–Trinajstić information content (AvgIpc) is 2.54. The van der Waals surface area contributed by atoms with Crippen molar-refractivity contribution in [2.24, 2.45) is 5.92 Å². The maximum Gasteiger partial charge on any atom is 0.0734 e. The molecule has 1 aromatic heterocycles. The van der Waals surface area contributed by atoms with Gasteiger partial charge in [0.05, 0.1) is 12.2 Å². The van der Waals surface area contributed by atoms with E-state index in [9.17, 15) is 0 Å². The first-order valence-electron chi connectivity index (χ1n) is 6.71. The van der Waals surface area contributed by atoms with Gasteiger partial charge in [-0.2, -0.15) is 0 Å². The van der Waals surface area contributed by atoms with Gasteiger partial charge in [-0.25, -0.2) is 0 Å². The van der Waals surface area contributed by atoms with Crippen LogP contribution in [0.4, 0.5) is 0 Å². The Labute approximate surface area is 116 Å². The lowest BCUT2D eigenvalue weighted by Crippen LogP contribution is -2.19. The molecule has 0 aliphatic heterocycles. The predicted molar refractivity (Wildman–Crippen MR) is 80.1 cm³/mol. The molecular weight excluding hydrogens is 242 g/mol. The molecule has 0 radical (unpaired) electrons. The average molecular weight is 269 g/mol. The molecule has 0 aromatic carbocycles. The van der Waals surface area contributed by atoms with E-state index in [0.717, 1.165) is 19.7 Å². The largest absolute Gasteiger partial charge is 0.371 e. The van der Waals surface area contributed by atoms with Crippen molar-refractivity contribution in [1.82, 2.24) is 5.32 Å². The van der Waals surface area contributed by atoms with Gasteiger partial charge in [0, 0.05) is 16.3 Å². The van der Waals surface area contributed by atoms with Crippen LogP contribution in [0, 0.1) is 12.8 Å². The summed E-state index contributed by atoms with van der Waals surface area (Å²) in [7, 11) is 0. The molecule has 1 heterocycles. The van der Waals surface area contributed by atoms with Crippen LogP contribution in [0.3, 0.4) is 0 Å². The van der Waals surface area contributed by atoms with Gasteiger partial charge in [0.25, 0.3) is 0 Å². The first-order valence-corrected chi connectivity index (χ1v) is 7.52. The van der Waals surface area contributed by atoms with Crippen molar-refractivity contribution in [3.8, 4) is 0 Å². The molecule has 0 aliphatic rings. The molecule has 3 heteroatoms. The van der Waals surface area contributed by atoms with E-state index >= 15 is 0 Å². The van der Waals surface area contributed by atoms with Crippen molar-refractivity contribution < 1.29 is 4.74 Å². The van der Waals surface area contributed by atoms with Crippen LogP contribution in [-0.4, -0.2) is 12.1 Å². The van der Waals surface area contributed by atoms with Crippen LogP contribution in [0.5, 0.6) is 0 Å². The summed E-state index contributed by atoms with van der Waals surface area (Å²) in [4.78, 5) is 2.78. The molecule has 1 aromatic rings. The lowest BCUT2D eigenvalue weighted by atomic mass is 10.2. The zero-order valence-corrected chi connectivity index (χ0v) is 13.4. The van der Waals surface area contributed by atoms with E-state index < -0.39 is 0 Å². The molecule has 0 atom stereocenters. The van der Waals surface area contributed by atoms with Gasteiger partial charge in [0.2, 0.25) is 0 Å².